The van der Waals surface area contributed by atoms with E-state index in [0.29, 0.717) is 10.8 Å². The predicted molar refractivity (Wildman–Crippen MR) is 149 cm³/mol. The van der Waals surface area contributed by atoms with E-state index in [0.717, 1.165) is 44.8 Å². The van der Waals surface area contributed by atoms with Crippen molar-refractivity contribution in [3.8, 4) is 11.3 Å². The Kier molecular flexibility index (Phi) is 6.59. The van der Waals surface area contributed by atoms with E-state index < -0.39 is 10.0 Å². The highest BCUT2D eigenvalue weighted by Gasteiger charge is 2.42. The smallest absolute Gasteiger partial charge is 0.229 e. The quantitative estimate of drug-likeness (QED) is 0.271. The molecule has 1 saturated heterocycles. The predicted octanol–water partition coefficient (Wildman–Crippen LogP) is 5.96. The second kappa shape index (κ2) is 9.68. The summed E-state index contributed by atoms with van der Waals surface area (Å²) in [6, 6.07) is 22.3. The molecule has 10 heteroatoms. The van der Waals surface area contributed by atoms with E-state index in [-0.39, 0.29) is 12.1 Å². The number of hydrogen-bond acceptors (Lipinski definition) is 5. The van der Waals surface area contributed by atoms with Crippen molar-refractivity contribution >= 4 is 54.7 Å². The number of nitrogens with one attached hydrogen (secondary N) is 2. The van der Waals surface area contributed by atoms with Crippen molar-refractivity contribution in [2.24, 2.45) is 0 Å². The largest absolute Gasteiger partial charge is 0.459 e. The van der Waals surface area contributed by atoms with Crippen molar-refractivity contribution in [2.75, 3.05) is 15.9 Å². The molecule has 5 rings (SSSR count). The number of rotatable bonds is 6. The van der Waals surface area contributed by atoms with Crippen LogP contribution in [0.3, 0.4) is 0 Å². The van der Waals surface area contributed by atoms with Crippen LogP contribution in [0.15, 0.2) is 87.9 Å². The zero-order chi connectivity index (χ0) is 25.4. The molecule has 0 unspecified atom stereocenters. The first-order valence-corrected chi connectivity index (χ1v) is 14.2. The van der Waals surface area contributed by atoms with Crippen LogP contribution < -0.4 is 14.9 Å². The van der Waals surface area contributed by atoms with E-state index in [2.05, 4.69) is 37.0 Å². The van der Waals surface area contributed by atoms with Gasteiger partial charge in [0, 0.05) is 27.6 Å². The molecule has 2 aromatic heterocycles. The van der Waals surface area contributed by atoms with Crippen LogP contribution in [-0.2, 0) is 10.0 Å². The Hall–Kier alpha value is -3.21. The monoisotopic (exact) mass is 582 g/mol. The lowest BCUT2D eigenvalue weighted by Crippen LogP contribution is -2.29. The highest BCUT2D eigenvalue weighted by atomic mass is 79.9. The molecular formula is C26H23BrN4O3S2. The van der Waals surface area contributed by atoms with Gasteiger partial charge in [0.2, 0.25) is 10.0 Å². The minimum Gasteiger partial charge on any atom is -0.459 e. The molecule has 3 heterocycles. The second-order valence-electron chi connectivity index (χ2n) is 8.60. The fraction of sp³-hybridized carbons (Fsp3) is 0.154. The van der Waals surface area contributed by atoms with E-state index in [1.807, 2.05) is 66.4 Å². The number of nitrogens with zero attached hydrogens (tertiary/aromatic N) is 2. The van der Waals surface area contributed by atoms with E-state index in [1.54, 1.807) is 18.3 Å². The molecule has 1 fully saturated rings. The molecule has 7 nitrogen and oxygen atoms in total. The lowest BCUT2D eigenvalue weighted by Gasteiger charge is -2.26. The molecule has 0 saturated carbocycles. The Bertz CT molecular complexity index is 1520. The van der Waals surface area contributed by atoms with Gasteiger partial charge in [0.05, 0.1) is 18.0 Å². The van der Waals surface area contributed by atoms with Crippen molar-refractivity contribution < 1.29 is 12.8 Å². The number of halogens is 1. The van der Waals surface area contributed by atoms with Gasteiger partial charge in [-0.1, -0.05) is 28.1 Å². The molecule has 2 N–H and O–H groups in total. The third-order valence-corrected chi connectivity index (χ3v) is 7.43. The van der Waals surface area contributed by atoms with Gasteiger partial charge in [-0.15, -0.1) is 0 Å². The maximum atomic E-state index is 11.6. The van der Waals surface area contributed by atoms with Gasteiger partial charge < -0.3 is 14.6 Å². The average Bonchev–Trinajstić information content (AvgIpc) is 3.44. The Morgan fingerprint density at radius 2 is 1.86 bits per heavy atom. The first-order chi connectivity index (χ1) is 17.2. The Balaban J connectivity index is 1.56. The first-order valence-electron chi connectivity index (χ1n) is 11.1. The highest BCUT2D eigenvalue weighted by molar-refractivity contribution is 9.10. The minimum atomic E-state index is -3.38. The first kappa shape index (κ1) is 24.5. The van der Waals surface area contributed by atoms with E-state index in [4.69, 9.17) is 16.6 Å². The topological polar surface area (TPSA) is 87.5 Å². The summed E-state index contributed by atoms with van der Waals surface area (Å²) >= 11 is 9.41. The van der Waals surface area contributed by atoms with Crippen molar-refractivity contribution in [3.63, 3.8) is 0 Å². The molecule has 0 amide bonds. The summed E-state index contributed by atoms with van der Waals surface area (Å²) < 4.78 is 33.1. The van der Waals surface area contributed by atoms with Crippen LogP contribution in [0, 0.1) is 6.92 Å². The summed E-state index contributed by atoms with van der Waals surface area (Å²) in [6.07, 6.45) is 2.87. The molecule has 184 valence electrons. The number of benzene rings is 2. The number of aryl methyl sites for hydroxylation is 1. The van der Waals surface area contributed by atoms with Gasteiger partial charge in [0.1, 0.15) is 17.6 Å². The van der Waals surface area contributed by atoms with Crippen LogP contribution in [-0.4, -0.2) is 24.8 Å². The number of anilines is 2. The van der Waals surface area contributed by atoms with Crippen molar-refractivity contribution in [3.05, 3.63) is 100 Å². The van der Waals surface area contributed by atoms with Crippen LogP contribution in [0.5, 0.6) is 0 Å². The number of furan rings is 1. The summed E-state index contributed by atoms with van der Waals surface area (Å²) in [5.41, 5.74) is 4.21. The molecule has 0 bridgehead atoms. The van der Waals surface area contributed by atoms with E-state index in [9.17, 15) is 8.42 Å². The molecule has 36 heavy (non-hydrogen) atoms. The van der Waals surface area contributed by atoms with Crippen LogP contribution >= 0.6 is 28.1 Å². The third kappa shape index (κ3) is 5.02. The molecule has 2 aromatic carbocycles. The summed E-state index contributed by atoms with van der Waals surface area (Å²) in [4.78, 5) is 6.55. The zero-order valence-electron chi connectivity index (χ0n) is 19.5. The van der Waals surface area contributed by atoms with E-state index in [1.165, 1.54) is 0 Å². The zero-order valence-corrected chi connectivity index (χ0v) is 22.7. The lowest BCUT2D eigenvalue weighted by atomic mass is 10.0. The summed E-state index contributed by atoms with van der Waals surface area (Å²) in [7, 11) is -3.38. The summed E-state index contributed by atoms with van der Waals surface area (Å²) in [5, 5.41) is 3.92. The van der Waals surface area contributed by atoms with Gasteiger partial charge in [0.15, 0.2) is 5.11 Å². The Morgan fingerprint density at radius 1 is 1.08 bits per heavy atom. The van der Waals surface area contributed by atoms with Crippen molar-refractivity contribution in [2.45, 2.75) is 19.0 Å². The molecule has 0 spiro atoms. The molecule has 0 aliphatic carbocycles. The van der Waals surface area contributed by atoms with Gasteiger partial charge >= 0.3 is 0 Å². The SMILES string of the molecule is Cc1ccc(-c2ccc([C@H]3[C@@H](c4ccccn4)NC(=S)N3c3ccc(NS(C)(=O)=O)cc3)o2)c(Br)c1. The third-order valence-electron chi connectivity index (χ3n) is 5.86. The van der Waals surface area contributed by atoms with Crippen LogP contribution in [0.25, 0.3) is 11.3 Å². The molecular weight excluding hydrogens is 560 g/mol. The number of thiocarbonyl (C=S) groups is 1. The fourth-order valence-corrected chi connectivity index (χ4v) is 5.90. The van der Waals surface area contributed by atoms with Crippen LogP contribution in [0.1, 0.15) is 29.1 Å². The maximum absolute atomic E-state index is 11.6. The standard InChI is InChI=1S/C26H23BrN4O3S2/c1-16-6-11-19(20(27)15-16)22-12-13-23(34-22)25-24(21-5-3-4-14-28-21)29-26(35)31(25)18-9-7-17(8-10-18)30-36(2,32)33/h3-15,24-25,30H,1-2H3,(H,29,35)/t24-,25+/m1/s1. The van der Waals surface area contributed by atoms with Gasteiger partial charge in [0.25, 0.3) is 0 Å². The van der Waals surface area contributed by atoms with Crippen molar-refractivity contribution in [1.29, 1.82) is 0 Å². The van der Waals surface area contributed by atoms with Gasteiger partial charge in [-0.2, -0.15) is 0 Å². The second-order valence-corrected chi connectivity index (χ2v) is 11.6. The number of hydrogen-bond donors (Lipinski definition) is 2. The summed E-state index contributed by atoms with van der Waals surface area (Å²) in [5.74, 6) is 1.46. The van der Waals surface area contributed by atoms with Gasteiger partial charge in [-0.25, -0.2) is 8.42 Å². The Morgan fingerprint density at radius 3 is 2.53 bits per heavy atom. The molecule has 2 atom stereocenters. The summed E-state index contributed by atoms with van der Waals surface area (Å²) in [6.45, 7) is 2.04. The molecule has 0 radical (unpaired) electrons. The minimum absolute atomic E-state index is 0.257. The average molecular weight is 584 g/mol. The normalized spacial score (nSPS) is 17.8. The number of sulfonamides is 1. The molecule has 4 aromatic rings. The maximum Gasteiger partial charge on any atom is 0.229 e. The lowest BCUT2D eigenvalue weighted by molar-refractivity contribution is 0.439. The van der Waals surface area contributed by atoms with E-state index >= 15 is 0 Å². The van der Waals surface area contributed by atoms with Gasteiger partial charge in [-0.05, 0) is 85.4 Å². The number of aromatic nitrogens is 1. The van der Waals surface area contributed by atoms with Crippen LogP contribution in [0.4, 0.5) is 11.4 Å². The molecule has 1 aliphatic rings. The van der Waals surface area contributed by atoms with Crippen LogP contribution in [0.2, 0.25) is 0 Å². The number of pyridine rings is 1. The highest BCUT2D eigenvalue weighted by Crippen LogP contribution is 2.43. The Labute approximate surface area is 223 Å². The fourth-order valence-electron chi connectivity index (χ4n) is 4.30. The van der Waals surface area contributed by atoms with Gasteiger partial charge in [-0.3, -0.25) is 9.71 Å². The molecule has 1 aliphatic heterocycles. The van der Waals surface area contributed by atoms with Crippen molar-refractivity contribution in [1.82, 2.24) is 10.3 Å².